The van der Waals surface area contributed by atoms with Crippen LogP contribution in [0.5, 0.6) is 0 Å². The van der Waals surface area contributed by atoms with Crippen molar-refractivity contribution < 1.29 is 4.79 Å². The second-order valence-electron chi connectivity index (χ2n) is 6.50. The van der Waals surface area contributed by atoms with Gasteiger partial charge in [0.2, 0.25) is 5.91 Å². The zero-order valence-electron chi connectivity index (χ0n) is 12.5. The number of hydrogen-bond donors (Lipinski definition) is 1. The first-order chi connectivity index (χ1) is 10.7. The monoisotopic (exact) mass is 292 g/mol. The van der Waals surface area contributed by atoms with Gasteiger partial charge in [-0.25, -0.2) is 0 Å². The maximum atomic E-state index is 12.7. The van der Waals surface area contributed by atoms with Gasteiger partial charge < -0.3 is 10.6 Å². The fourth-order valence-corrected chi connectivity index (χ4v) is 3.40. The lowest BCUT2D eigenvalue weighted by molar-refractivity contribution is -0.134. The van der Waals surface area contributed by atoms with E-state index >= 15 is 0 Å². The van der Waals surface area contributed by atoms with E-state index in [0.717, 1.165) is 19.4 Å². The molecule has 2 aromatic rings. The van der Waals surface area contributed by atoms with Gasteiger partial charge in [-0.3, -0.25) is 4.79 Å². The van der Waals surface area contributed by atoms with Gasteiger partial charge in [-0.1, -0.05) is 54.6 Å². The first-order valence-corrected chi connectivity index (χ1v) is 7.88. The van der Waals surface area contributed by atoms with Crippen LogP contribution in [-0.2, 0) is 11.3 Å². The minimum atomic E-state index is -0.590. The third-order valence-corrected chi connectivity index (χ3v) is 4.90. The summed E-state index contributed by atoms with van der Waals surface area (Å²) >= 11 is 0. The molecule has 1 atom stereocenters. The van der Waals surface area contributed by atoms with Crippen LogP contribution in [0, 0.1) is 0 Å². The SMILES string of the molecule is NC1(C(=O)N2Cc3ccccc3C(c3ccccc3)C2)CC1. The number of rotatable bonds is 2. The van der Waals surface area contributed by atoms with Crippen LogP contribution in [0.15, 0.2) is 54.6 Å². The first-order valence-electron chi connectivity index (χ1n) is 7.88. The molecule has 4 rings (SSSR count). The molecule has 0 radical (unpaired) electrons. The van der Waals surface area contributed by atoms with E-state index < -0.39 is 5.54 Å². The predicted octanol–water partition coefficient (Wildman–Crippen LogP) is 2.65. The molecule has 2 aromatic carbocycles. The minimum Gasteiger partial charge on any atom is -0.336 e. The normalized spacial score (nSPS) is 22.0. The van der Waals surface area contributed by atoms with E-state index in [4.69, 9.17) is 5.73 Å². The Morgan fingerprint density at radius 1 is 1.05 bits per heavy atom. The molecule has 1 heterocycles. The fourth-order valence-electron chi connectivity index (χ4n) is 3.40. The Morgan fingerprint density at radius 3 is 2.45 bits per heavy atom. The number of amides is 1. The van der Waals surface area contributed by atoms with Crippen LogP contribution in [0.4, 0.5) is 0 Å². The van der Waals surface area contributed by atoms with Gasteiger partial charge in [0.15, 0.2) is 0 Å². The smallest absolute Gasteiger partial charge is 0.242 e. The lowest BCUT2D eigenvalue weighted by atomic mass is 9.84. The summed E-state index contributed by atoms with van der Waals surface area (Å²) < 4.78 is 0. The summed E-state index contributed by atoms with van der Waals surface area (Å²) in [6, 6.07) is 18.9. The lowest BCUT2D eigenvalue weighted by Crippen LogP contribution is -2.48. The van der Waals surface area contributed by atoms with Crippen LogP contribution in [0.25, 0.3) is 0 Å². The largest absolute Gasteiger partial charge is 0.336 e. The zero-order chi connectivity index (χ0) is 15.2. The van der Waals surface area contributed by atoms with E-state index in [2.05, 4.69) is 42.5 Å². The van der Waals surface area contributed by atoms with E-state index in [1.54, 1.807) is 0 Å². The van der Waals surface area contributed by atoms with Crippen molar-refractivity contribution in [1.82, 2.24) is 4.90 Å². The number of carbonyl (C=O) groups is 1. The second kappa shape index (κ2) is 4.96. The Bertz CT molecular complexity index is 706. The lowest BCUT2D eigenvalue weighted by Gasteiger charge is -2.36. The molecule has 3 nitrogen and oxygen atoms in total. The topological polar surface area (TPSA) is 46.3 Å². The highest BCUT2D eigenvalue weighted by atomic mass is 16.2. The van der Waals surface area contributed by atoms with Gasteiger partial charge in [0.25, 0.3) is 0 Å². The summed E-state index contributed by atoms with van der Waals surface area (Å²) in [5, 5.41) is 0. The Labute approximate surface area is 130 Å². The number of nitrogens with two attached hydrogens (primary N) is 1. The Hall–Kier alpha value is -2.13. The highest BCUT2D eigenvalue weighted by molar-refractivity contribution is 5.89. The standard InChI is InChI=1S/C19H20N2O/c20-19(10-11-19)18(22)21-12-15-8-4-5-9-16(15)17(13-21)14-6-2-1-3-7-14/h1-9,17H,10-13,20H2. The van der Waals surface area contributed by atoms with Gasteiger partial charge in [0.05, 0.1) is 5.54 Å². The van der Waals surface area contributed by atoms with Crippen molar-refractivity contribution in [3.8, 4) is 0 Å². The summed E-state index contributed by atoms with van der Waals surface area (Å²) in [4.78, 5) is 14.6. The van der Waals surface area contributed by atoms with Crippen LogP contribution in [-0.4, -0.2) is 22.9 Å². The third-order valence-electron chi connectivity index (χ3n) is 4.90. The Morgan fingerprint density at radius 2 is 1.73 bits per heavy atom. The Kier molecular flexibility index (Phi) is 3.05. The number of benzene rings is 2. The number of fused-ring (bicyclic) bond motifs is 1. The van der Waals surface area contributed by atoms with E-state index in [-0.39, 0.29) is 11.8 Å². The average Bonchev–Trinajstić information content (AvgIpc) is 3.33. The summed E-state index contributed by atoms with van der Waals surface area (Å²) in [7, 11) is 0. The molecule has 2 N–H and O–H groups in total. The molecular formula is C19H20N2O. The van der Waals surface area contributed by atoms with Crippen molar-refractivity contribution >= 4 is 5.91 Å². The van der Waals surface area contributed by atoms with Gasteiger partial charge in [-0.05, 0) is 29.5 Å². The highest BCUT2D eigenvalue weighted by Crippen LogP contribution is 2.38. The highest BCUT2D eigenvalue weighted by Gasteiger charge is 2.49. The molecule has 1 aliphatic carbocycles. The second-order valence-corrected chi connectivity index (χ2v) is 6.50. The van der Waals surface area contributed by atoms with E-state index in [0.29, 0.717) is 6.54 Å². The summed E-state index contributed by atoms with van der Waals surface area (Å²) in [6.45, 7) is 1.40. The molecule has 1 fully saturated rings. The number of hydrogen-bond acceptors (Lipinski definition) is 2. The number of carbonyl (C=O) groups excluding carboxylic acids is 1. The maximum absolute atomic E-state index is 12.7. The molecule has 0 bridgehead atoms. The average molecular weight is 292 g/mol. The van der Waals surface area contributed by atoms with Crippen LogP contribution in [0.2, 0.25) is 0 Å². The third kappa shape index (κ3) is 2.22. The molecule has 0 spiro atoms. The van der Waals surface area contributed by atoms with Crippen LogP contribution >= 0.6 is 0 Å². The van der Waals surface area contributed by atoms with Crippen molar-refractivity contribution in [2.24, 2.45) is 5.73 Å². The molecule has 2 aliphatic rings. The van der Waals surface area contributed by atoms with Gasteiger partial charge in [0.1, 0.15) is 0 Å². The molecule has 0 saturated heterocycles. The van der Waals surface area contributed by atoms with Gasteiger partial charge in [-0.15, -0.1) is 0 Å². The Balaban J connectivity index is 1.72. The zero-order valence-corrected chi connectivity index (χ0v) is 12.5. The maximum Gasteiger partial charge on any atom is 0.242 e. The van der Waals surface area contributed by atoms with Crippen LogP contribution in [0.1, 0.15) is 35.4 Å². The van der Waals surface area contributed by atoms with E-state index in [9.17, 15) is 4.79 Å². The molecule has 0 aromatic heterocycles. The predicted molar refractivity (Wildman–Crippen MR) is 86.3 cm³/mol. The van der Waals surface area contributed by atoms with Crippen LogP contribution in [0.3, 0.4) is 0 Å². The van der Waals surface area contributed by atoms with Crippen LogP contribution < -0.4 is 5.73 Å². The molecule has 22 heavy (non-hydrogen) atoms. The number of nitrogens with zero attached hydrogens (tertiary/aromatic N) is 1. The van der Waals surface area contributed by atoms with E-state index in [1.807, 2.05) is 17.0 Å². The van der Waals surface area contributed by atoms with Crippen molar-refractivity contribution in [3.05, 3.63) is 71.3 Å². The molecule has 1 aliphatic heterocycles. The van der Waals surface area contributed by atoms with Gasteiger partial charge >= 0.3 is 0 Å². The molecular weight excluding hydrogens is 272 g/mol. The van der Waals surface area contributed by atoms with Crippen molar-refractivity contribution in [2.45, 2.75) is 30.8 Å². The summed E-state index contributed by atoms with van der Waals surface area (Å²) in [6.07, 6.45) is 1.64. The van der Waals surface area contributed by atoms with Crippen molar-refractivity contribution in [2.75, 3.05) is 6.54 Å². The summed E-state index contributed by atoms with van der Waals surface area (Å²) in [5.74, 6) is 0.348. The van der Waals surface area contributed by atoms with Crippen molar-refractivity contribution in [3.63, 3.8) is 0 Å². The fraction of sp³-hybridized carbons (Fsp3) is 0.316. The molecule has 112 valence electrons. The summed E-state index contributed by atoms with van der Waals surface area (Å²) in [5.41, 5.74) is 9.37. The minimum absolute atomic E-state index is 0.114. The van der Waals surface area contributed by atoms with E-state index in [1.165, 1.54) is 16.7 Å². The molecule has 1 saturated carbocycles. The van der Waals surface area contributed by atoms with Gasteiger partial charge in [-0.2, -0.15) is 0 Å². The molecule has 3 heteroatoms. The van der Waals surface area contributed by atoms with Gasteiger partial charge in [0, 0.05) is 19.0 Å². The van der Waals surface area contributed by atoms with Crippen molar-refractivity contribution in [1.29, 1.82) is 0 Å². The molecule has 1 unspecified atom stereocenters. The quantitative estimate of drug-likeness (QED) is 0.925. The first kappa shape index (κ1) is 13.5. The molecule has 1 amide bonds.